The van der Waals surface area contributed by atoms with Gasteiger partial charge < -0.3 is 25.6 Å². The van der Waals surface area contributed by atoms with E-state index in [1.54, 1.807) is 0 Å². The summed E-state index contributed by atoms with van der Waals surface area (Å²) in [6.45, 7) is 0.791. The fourth-order valence-electron chi connectivity index (χ4n) is 1.45. The molecule has 0 spiro atoms. The second-order valence-electron chi connectivity index (χ2n) is 3.84. The second-order valence-corrected chi connectivity index (χ2v) is 3.84. The Morgan fingerprint density at radius 1 is 1.39 bits per heavy atom. The second kappa shape index (κ2) is 6.92. The Morgan fingerprint density at radius 2 is 2.11 bits per heavy atom. The third kappa shape index (κ3) is 4.68. The van der Waals surface area contributed by atoms with Gasteiger partial charge in [0.15, 0.2) is 6.10 Å². The molecule has 1 aliphatic heterocycles. The van der Waals surface area contributed by atoms with E-state index in [-0.39, 0.29) is 26.1 Å². The molecule has 2 atom stereocenters. The number of hydrogen-bond acceptors (Lipinski definition) is 5. The van der Waals surface area contributed by atoms with Crippen molar-refractivity contribution in [2.24, 2.45) is 5.73 Å². The highest BCUT2D eigenvalue weighted by Crippen LogP contribution is 2.03. The molecule has 102 valence electrons. The maximum absolute atomic E-state index is 11.7. The average Bonchev–Trinajstić information content (AvgIpc) is 2.34. The van der Waals surface area contributed by atoms with Crippen LogP contribution in [0.5, 0.6) is 0 Å². The highest BCUT2D eigenvalue weighted by Gasteiger charge is 2.27. The summed E-state index contributed by atoms with van der Waals surface area (Å²) in [6, 6.07) is -1.16. The fraction of sp³-hybridized carbons (Fsp3) is 0.700. The molecule has 1 unspecified atom stereocenters. The first-order valence-corrected chi connectivity index (χ1v) is 5.51. The van der Waals surface area contributed by atoms with Crippen molar-refractivity contribution in [3.63, 3.8) is 0 Å². The minimum atomic E-state index is -1.22. The molecular formula is C10H16N2O6. The van der Waals surface area contributed by atoms with Gasteiger partial charge in [-0.15, -0.1) is 0 Å². The average molecular weight is 260 g/mol. The van der Waals surface area contributed by atoms with Crippen molar-refractivity contribution in [1.29, 1.82) is 0 Å². The van der Waals surface area contributed by atoms with Gasteiger partial charge in [-0.1, -0.05) is 0 Å². The van der Waals surface area contributed by atoms with Crippen LogP contribution in [0.2, 0.25) is 0 Å². The topological polar surface area (TPSA) is 128 Å². The Hall–Kier alpha value is -1.67. The Labute approximate surface area is 103 Å². The number of aliphatic carboxylic acids is 1. The molecule has 4 N–H and O–H groups in total. The van der Waals surface area contributed by atoms with Crippen LogP contribution in [0.1, 0.15) is 12.8 Å². The SMILES string of the molecule is NC(=O)CC[C@H](NC(=O)C1COCCO1)C(=O)O. The van der Waals surface area contributed by atoms with Crippen LogP contribution in [0.15, 0.2) is 0 Å². The van der Waals surface area contributed by atoms with Gasteiger partial charge in [0.05, 0.1) is 19.8 Å². The van der Waals surface area contributed by atoms with Gasteiger partial charge in [-0.2, -0.15) is 0 Å². The Kier molecular flexibility index (Phi) is 5.53. The van der Waals surface area contributed by atoms with Gasteiger partial charge in [-0.05, 0) is 6.42 Å². The number of carboxylic acids is 1. The molecule has 0 radical (unpaired) electrons. The van der Waals surface area contributed by atoms with Gasteiger partial charge in [-0.25, -0.2) is 4.79 Å². The van der Waals surface area contributed by atoms with Crippen LogP contribution in [0.25, 0.3) is 0 Å². The fourth-order valence-corrected chi connectivity index (χ4v) is 1.45. The largest absolute Gasteiger partial charge is 0.480 e. The highest BCUT2D eigenvalue weighted by atomic mass is 16.6. The first-order valence-electron chi connectivity index (χ1n) is 5.51. The molecule has 2 amide bonds. The van der Waals surface area contributed by atoms with Gasteiger partial charge in [0.1, 0.15) is 6.04 Å². The summed E-state index contributed by atoms with van der Waals surface area (Å²) in [5, 5.41) is 11.2. The predicted molar refractivity (Wildman–Crippen MR) is 58.6 cm³/mol. The van der Waals surface area contributed by atoms with E-state index in [1.807, 2.05) is 0 Å². The number of carboxylic acid groups (broad SMARTS) is 1. The lowest BCUT2D eigenvalue weighted by Crippen LogP contribution is -2.49. The smallest absolute Gasteiger partial charge is 0.326 e. The Morgan fingerprint density at radius 3 is 2.61 bits per heavy atom. The lowest BCUT2D eigenvalue weighted by Gasteiger charge is -2.23. The number of nitrogens with one attached hydrogen (secondary N) is 1. The van der Waals surface area contributed by atoms with Crippen molar-refractivity contribution >= 4 is 17.8 Å². The summed E-state index contributed by atoms with van der Waals surface area (Å²) in [4.78, 5) is 33.1. The zero-order valence-electron chi connectivity index (χ0n) is 9.76. The lowest BCUT2D eigenvalue weighted by atomic mass is 10.1. The summed E-state index contributed by atoms with van der Waals surface area (Å²) < 4.78 is 10.2. The molecule has 0 saturated carbocycles. The molecule has 8 heteroatoms. The maximum atomic E-state index is 11.7. The van der Waals surface area contributed by atoms with E-state index in [9.17, 15) is 14.4 Å². The quantitative estimate of drug-likeness (QED) is 0.519. The number of carbonyl (C=O) groups excluding carboxylic acids is 2. The molecule has 1 fully saturated rings. The van der Waals surface area contributed by atoms with Crippen LogP contribution in [-0.4, -0.2) is 54.9 Å². The number of amides is 2. The van der Waals surface area contributed by atoms with Crippen LogP contribution < -0.4 is 11.1 Å². The molecule has 1 saturated heterocycles. The number of rotatable bonds is 6. The van der Waals surface area contributed by atoms with Crippen LogP contribution in [0, 0.1) is 0 Å². The Balaban J connectivity index is 2.46. The van der Waals surface area contributed by atoms with Crippen LogP contribution in [0.3, 0.4) is 0 Å². The summed E-state index contributed by atoms with van der Waals surface area (Å²) >= 11 is 0. The van der Waals surface area contributed by atoms with E-state index in [1.165, 1.54) is 0 Å². The molecule has 1 aliphatic rings. The molecular weight excluding hydrogens is 244 g/mol. The van der Waals surface area contributed by atoms with Crippen molar-refractivity contribution in [2.75, 3.05) is 19.8 Å². The van der Waals surface area contributed by atoms with Crippen molar-refractivity contribution in [2.45, 2.75) is 25.0 Å². The van der Waals surface area contributed by atoms with E-state index in [0.717, 1.165) is 0 Å². The van der Waals surface area contributed by atoms with E-state index in [4.69, 9.17) is 20.3 Å². The standard InChI is InChI=1S/C10H16N2O6/c11-8(13)2-1-6(10(15)16)12-9(14)7-5-17-3-4-18-7/h6-7H,1-5H2,(H2,11,13)(H,12,14)(H,15,16)/t6-,7?/m0/s1. The normalized spacial score (nSPS) is 21.0. The molecule has 0 aromatic rings. The number of hydrogen-bond donors (Lipinski definition) is 3. The zero-order valence-corrected chi connectivity index (χ0v) is 9.76. The van der Waals surface area contributed by atoms with Crippen LogP contribution >= 0.6 is 0 Å². The van der Waals surface area contributed by atoms with Crippen LogP contribution in [-0.2, 0) is 23.9 Å². The molecule has 0 aromatic heterocycles. The highest BCUT2D eigenvalue weighted by molar-refractivity contribution is 5.86. The van der Waals surface area contributed by atoms with Crippen LogP contribution in [0.4, 0.5) is 0 Å². The molecule has 0 aliphatic carbocycles. The van der Waals surface area contributed by atoms with Crippen molar-refractivity contribution in [3.8, 4) is 0 Å². The number of carbonyl (C=O) groups is 3. The molecule has 0 aromatic carbocycles. The molecule has 0 bridgehead atoms. The van der Waals surface area contributed by atoms with Gasteiger partial charge in [0, 0.05) is 6.42 Å². The zero-order chi connectivity index (χ0) is 13.5. The maximum Gasteiger partial charge on any atom is 0.326 e. The first kappa shape index (κ1) is 14.4. The molecule has 1 heterocycles. The Bertz CT molecular complexity index is 326. The number of primary amides is 1. The van der Waals surface area contributed by atoms with E-state index >= 15 is 0 Å². The van der Waals surface area contributed by atoms with Gasteiger partial charge in [0.25, 0.3) is 5.91 Å². The van der Waals surface area contributed by atoms with E-state index in [0.29, 0.717) is 6.61 Å². The van der Waals surface area contributed by atoms with Crippen molar-refractivity contribution < 1.29 is 29.0 Å². The van der Waals surface area contributed by atoms with E-state index in [2.05, 4.69) is 5.32 Å². The molecule has 1 rings (SSSR count). The number of nitrogens with two attached hydrogens (primary N) is 1. The first-order chi connectivity index (χ1) is 8.50. The predicted octanol–water partition coefficient (Wildman–Crippen LogP) is -1.76. The van der Waals surface area contributed by atoms with Crippen molar-refractivity contribution in [3.05, 3.63) is 0 Å². The summed E-state index contributed by atoms with van der Waals surface area (Å²) in [7, 11) is 0. The van der Waals surface area contributed by atoms with E-state index < -0.39 is 29.9 Å². The third-order valence-corrected chi connectivity index (χ3v) is 2.40. The lowest BCUT2D eigenvalue weighted by molar-refractivity contribution is -0.152. The summed E-state index contributed by atoms with van der Waals surface area (Å²) in [5.74, 6) is -2.40. The summed E-state index contributed by atoms with van der Waals surface area (Å²) in [6.07, 6.45) is -0.974. The van der Waals surface area contributed by atoms with Gasteiger partial charge >= 0.3 is 5.97 Å². The van der Waals surface area contributed by atoms with Gasteiger partial charge in [-0.3, -0.25) is 9.59 Å². The molecule has 8 nitrogen and oxygen atoms in total. The minimum Gasteiger partial charge on any atom is -0.480 e. The third-order valence-electron chi connectivity index (χ3n) is 2.40. The van der Waals surface area contributed by atoms with Gasteiger partial charge in [0.2, 0.25) is 5.91 Å². The minimum absolute atomic E-state index is 0.0516. The summed E-state index contributed by atoms with van der Waals surface area (Å²) in [5.41, 5.74) is 4.93. The molecule has 18 heavy (non-hydrogen) atoms. The monoisotopic (exact) mass is 260 g/mol. The van der Waals surface area contributed by atoms with Crippen molar-refractivity contribution in [1.82, 2.24) is 5.32 Å². The number of ether oxygens (including phenoxy) is 2.